The molecule has 1 saturated heterocycles. The second kappa shape index (κ2) is 7.27. The lowest BCUT2D eigenvalue weighted by atomic mass is 9.90. The molecule has 0 bridgehead atoms. The highest BCUT2D eigenvalue weighted by molar-refractivity contribution is 5.98. The summed E-state index contributed by atoms with van der Waals surface area (Å²) in [6.07, 6.45) is 1.10. The second-order valence-electron chi connectivity index (χ2n) is 7.51. The van der Waals surface area contributed by atoms with E-state index in [1.807, 2.05) is 0 Å². The van der Waals surface area contributed by atoms with Crippen LogP contribution in [0.2, 0.25) is 0 Å². The molecule has 1 aromatic heterocycles. The van der Waals surface area contributed by atoms with Crippen LogP contribution in [0.15, 0.2) is 35.1 Å². The van der Waals surface area contributed by atoms with Crippen molar-refractivity contribution < 1.29 is 19.1 Å². The molecule has 8 heteroatoms. The molecule has 0 radical (unpaired) electrons. The molecular weight excluding hydrogens is 374 g/mol. The Balaban J connectivity index is 1.51. The van der Waals surface area contributed by atoms with Crippen LogP contribution < -0.4 is 20.3 Å². The van der Waals surface area contributed by atoms with Gasteiger partial charge in [0.25, 0.3) is 17.4 Å². The highest BCUT2D eigenvalue weighted by atomic mass is 16.5. The summed E-state index contributed by atoms with van der Waals surface area (Å²) in [5.41, 5.74) is 0.314. The topological polar surface area (TPSA) is 101 Å². The van der Waals surface area contributed by atoms with Crippen LogP contribution in [0.4, 0.5) is 0 Å². The number of hydrogen-bond acceptors (Lipinski definition) is 5. The minimum absolute atomic E-state index is 0.138. The van der Waals surface area contributed by atoms with Gasteiger partial charge in [-0.15, -0.1) is 0 Å². The number of H-pyrrole nitrogens is 1. The zero-order valence-corrected chi connectivity index (χ0v) is 16.4. The van der Waals surface area contributed by atoms with Crippen molar-refractivity contribution in [1.82, 2.24) is 15.2 Å². The number of amides is 2. The van der Waals surface area contributed by atoms with Gasteiger partial charge in [0.1, 0.15) is 22.7 Å². The molecule has 8 nitrogen and oxygen atoms in total. The van der Waals surface area contributed by atoms with Gasteiger partial charge in [-0.1, -0.05) is 0 Å². The van der Waals surface area contributed by atoms with E-state index >= 15 is 0 Å². The first kappa shape index (κ1) is 19.0. The van der Waals surface area contributed by atoms with Crippen molar-refractivity contribution >= 4 is 11.8 Å². The number of aromatic amines is 1. The number of nitrogens with zero attached hydrogens (tertiary/aromatic N) is 1. The molecule has 1 spiro atoms. The van der Waals surface area contributed by atoms with E-state index in [1.54, 1.807) is 49.3 Å². The van der Waals surface area contributed by atoms with Crippen molar-refractivity contribution in [3.05, 3.63) is 57.5 Å². The van der Waals surface area contributed by atoms with Crippen LogP contribution in [0, 0.1) is 6.92 Å². The molecule has 0 saturated carbocycles. The molecule has 1 fully saturated rings. The molecule has 3 heterocycles. The standard InChI is InChI=1S/C21H23N3O5/c1-13-3-5-15(19(26)23-13)20(27)24-9-7-21(8-10-24)12-22-18(25)16-11-14(28-2)4-6-17(16)29-21/h3-6,11H,7-10,12H2,1-2H3,(H,22,25)(H,23,26). The van der Waals surface area contributed by atoms with E-state index in [9.17, 15) is 14.4 Å². The molecule has 4 rings (SSSR count). The number of rotatable bonds is 2. The van der Waals surface area contributed by atoms with E-state index in [1.165, 1.54) is 0 Å². The van der Waals surface area contributed by atoms with Gasteiger partial charge in [-0.05, 0) is 37.3 Å². The van der Waals surface area contributed by atoms with Gasteiger partial charge >= 0.3 is 0 Å². The number of aryl methyl sites for hydroxylation is 1. The summed E-state index contributed by atoms with van der Waals surface area (Å²) >= 11 is 0. The van der Waals surface area contributed by atoms with E-state index < -0.39 is 5.60 Å². The van der Waals surface area contributed by atoms with Gasteiger partial charge in [-0.3, -0.25) is 14.4 Å². The number of hydrogen-bond donors (Lipinski definition) is 2. The summed E-state index contributed by atoms with van der Waals surface area (Å²) in [5.74, 6) is 0.599. The smallest absolute Gasteiger partial charge is 0.260 e. The Morgan fingerprint density at radius 2 is 1.93 bits per heavy atom. The normalized spacial score (nSPS) is 17.7. The van der Waals surface area contributed by atoms with Gasteiger partial charge in [0, 0.05) is 31.6 Å². The predicted octanol–water partition coefficient (Wildman–Crippen LogP) is 1.49. The Kier molecular flexibility index (Phi) is 4.77. The molecule has 0 aliphatic carbocycles. The number of aromatic nitrogens is 1. The minimum Gasteiger partial charge on any atom is -0.497 e. The summed E-state index contributed by atoms with van der Waals surface area (Å²) in [6.45, 7) is 3.00. The minimum atomic E-state index is -0.591. The van der Waals surface area contributed by atoms with Crippen LogP contribution in [0.25, 0.3) is 0 Å². The third-order valence-electron chi connectivity index (χ3n) is 5.58. The molecule has 152 valence electrons. The van der Waals surface area contributed by atoms with E-state index in [2.05, 4.69) is 10.3 Å². The molecule has 2 aliphatic rings. The zero-order chi connectivity index (χ0) is 20.6. The summed E-state index contributed by atoms with van der Waals surface area (Å²) < 4.78 is 11.5. The average molecular weight is 397 g/mol. The molecule has 2 amide bonds. The molecule has 2 N–H and O–H groups in total. The molecule has 1 aromatic carbocycles. The Labute approximate surface area is 167 Å². The van der Waals surface area contributed by atoms with Gasteiger partial charge in [-0.25, -0.2) is 0 Å². The molecule has 0 unspecified atom stereocenters. The summed E-state index contributed by atoms with van der Waals surface area (Å²) in [5, 5.41) is 2.93. The highest BCUT2D eigenvalue weighted by Crippen LogP contribution is 2.34. The van der Waals surface area contributed by atoms with Crippen LogP contribution in [0.3, 0.4) is 0 Å². The number of nitrogens with one attached hydrogen (secondary N) is 2. The fourth-order valence-electron chi connectivity index (χ4n) is 3.82. The molecule has 2 aromatic rings. The number of fused-ring (bicyclic) bond motifs is 1. The number of pyridine rings is 1. The van der Waals surface area contributed by atoms with E-state index in [0.29, 0.717) is 55.2 Å². The monoisotopic (exact) mass is 397 g/mol. The van der Waals surface area contributed by atoms with Crippen molar-refractivity contribution in [1.29, 1.82) is 0 Å². The number of benzene rings is 1. The van der Waals surface area contributed by atoms with Crippen LogP contribution in [0.5, 0.6) is 11.5 Å². The van der Waals surface area contributed by atoms with Crippen molar-refractivity contribution in [3.8, 4) is 11.5 Å². The number of carbonyl (C=O) groups excluding carboxylic acids is 2. The number of piperidine rings is 1. The van der Waals surface area contributed by atoms with Gasteiger partial charge < -0.3 is 24.7 Å². The first-order valence-corrected chi connectivity index (χ1v) is 9.55. The van der Waals surface area contributed by atoms with Crippen molar-refractivity contribution in [3.63, 3.8) is 0 Å². The van der Waals surface area contributed by atoms with Crippen molar-refractivity contribution in [2.45, 2.75) is 25.4 Å². The second-order valence-corrected chi connectivity index (χ2v) is 7.51. The number of methoxy groups -OCH3 is 1. The van der Waals surface area contributed by atoms with E-state index in [4.69, 9.17) is 9.47 Å². The maximum atomic E-state index is 12.8. The predicted molar refractivity (Wildman–Crippen MR) is 106 cm³/mol. The third-order valence-corrected chi connectivity index (χ3v) is 5.58. The number of likely N-dealkylation sites (tertiary alicyclic amines) is 1. The van der Waals surface area contributed by atoms with E-state index in [0.717, 1.165) is 0 Å². The first-order chi connectivity index (χ1) is 13.9. The van der Waals surface area contributed by atoms with Gasteiger partial charge in [0.15, 0.2) is 0 Å². The Bertz CT molecular complexity index is 1020. The lowest BCUT2D eigenvalue weighted by Gasteiger charge is -2.41. The van der Waals surface area contributed by atoms with Gasteiger partial charge in [0.05, 0.1) is 19.2 Å². The number of carbonyl (C=O) groups is 2. The molecule has 0 atom stereocenters. The average Bonchev–Trinajstić information content (AvgIpc) is 2.85. The molecular formula is C21H23N3O5. The summed E-state index contributed by atoms with van der Waals surface area (Å²) in [7, 11) is 1.55. The van der Waals surface area contributed by atoms with Crippen LogP contribution in [0.1, 0.15) is 39.3 Å². The Hall–Kier alpha value is -3.29. The summed E-state index contributed by atoms with van der Waals surface area (Å²) in [6, 6.07) is 8.44. The Morgan fingerprint density at radius 1 is 1.17 bits per heavy atom. The van der Waals surface area contributed by atoms with Crippen molar-refractivity contribution in [2.75, 3.05) is 26.7 Å². The maximum Gasteiger partial charge on any atom is 0.260 e. The van der Waals surface area contributed by atoms with Gasteiger partial charge in [0.2, 0.25) is 0 Å². The third kappa shape index (κ3) is 3.57. The van der Waals surface area contributed by atoms with E-state index in [-0.39, 0.29) is 22.9 Å². The lowest BCUT2D eigenvalue weighted by molar-refractivity contribution is 0.00763. The molecule has 2 aliphatic heterocycles. The van der Waals surface area contributed by atoms with Crippen molar-refractivity contribution in [2.24, 2.45) is 0 Å². The van der Waals surface area contributed by atoms with Gasteiger partial charge in [-0.2, -0.15) is 0 Å². The lowest BCUT2D eigenvalue weighted by Crippen LogP contribution is -2.54. The Morgan fingerprint density at radius 3 is 2.62 bits per heavy atom. The van der Waals surface area contributed by atoms with Crippen LogP contribution in [-0.2, 0) is 0 Å². The first-order valence-electron chi connectivity index (χ1n) is 9.55. The van der Waals surface area contributed by atoms with Crippen LogP contribution >= 0.6 is 0 Å². The molecule has 29 heavy (non-hydrogen) atoms. The largest absolute Gasteiger partial charge is 0.497 e. The maximum absolute atomic E-state index is 12.8. The number of ether oxygens (including phenoxy) is 2. The highest BCUT2D eigenvalue weighted by Gasteiger charge is 2.41. The fraction of sp³-hybridized carbons (Fsp3) is 0.381. The fourth-order valence-corrected chi connectivity index (χ4v) is 3.82. The quantitative estimate of drug-likeness (QED) is 0.800. The summed E-state index contributed by atoms with van der Waals surface area (Å²) in [4.78, 5) is 41.7. The van der Waals surface area contributed by atoms with Crippen LogP contribution in [-0.4, -0.2) is 54.0 Å². The SMILES string of the molecule is COc1ccc2c(c1)C(=O)NCC1(CCN(C(=O)c3ccc(C)[nH]c3=O)CC1)O2. The zero-order valence-electron chi connectivity index (χ0n) is 16.4.